The summed E-state index contributed by atoms with van der Waals surface area (Å²) >= 11 is 0. The van der Waals surface area contributed by atoms with Crippen molar-refractivity contribution < 1.29 is 28.0 Å². The first-order chi connectivity index (χ1) is 10.8. The van der Waals surface area contributed by atoms with Crippen molar-refractivity contribution in [2.45, 2.75) is 37.1 Å². The second kappa shape index (κ2) is 6.97. The molecule has 126 valence electrons. The third kappa shape index (κ3) is 3.99. The van der Waals surface area contributed by atoms with E-state index in [0.29, 0.717) is 24.9 Å². The number of sulfonamides is 1. The van der Waals surface area contributed by atoms with Crippen LogP contribution in [0.1, 0.15) is 26.2 Å². The molecule has 23 heavy (non-hydrogen) atoms. The van der Waals surface area contributed by atoms with Crippen molar-refractivity contribution in [1.82, 2.24) is 4.31 Å². The third-order valence-electron chi connectivity index (χ3n) is 3.51. The molecule has 8 nitrogen and oxygen atoms in total. The van der Waals surface area contributed by atoms with E-state index in [1.807, 2.05) is 0 Å². The Morgan fingerprint density at radius 1 is 1.26 bits per heavy atom. The molecule has 2 rings (SSSR count). The van der Waals surface area contributed by atoms with Crippen LogP contribution in [0.3, 0.4) is 0 Å². The van der Waals surface area contributed by atoms with E-state index in [1.54, 1.807) is 0 Å². The van der Waals surface area contributed by atoms with Crippen LogP contribution in [0.2, 0.25) is 0 Å². The van der Waals surface area contributed by atoms with Crippen LogP contribution in [0.4, 0.5) is 5.69 Å². The van der Waals surface area contributed by atoms with Crippen LogP contribution in [0, 0.1) is 0 Å². The Bertz CT molecular complexity index is 686. The lowest BCUT2D eigenvalue weighted by Gasteiger charge is -2.31. The van der Waals surface area contributed by atoms with Gasteiger partial charge in [-0.25, -0.2) is 13.9 Å². The Hall–Kier alpha value is -2.13. The Balaban J connectivity index is 2.21. The molecule has 1 aliphatic heterocycles. The largest absolute Gasteiger partial charge is 0.480 e. The highest BCUT2D eigenvalue weighted by atomic mass is 32.2. The summed E-state index contributed by atoms with van der Waals surface area (Å²) in [5.41, 5.74) is 2.79. The summed E-state index contributed by atoms with van der Waals surface area (Å²) in [6.07, 6.45) is 1.63. The zero-order valence-corrected chi connectivity index (χ0v) is 13.4. The number of benzene rings is 1. The van der Waals surface area contributed by atoms with Crippen molar-refractivity contribution in [3.05, 3.63) is 24.3 Å². The monoisotopic (exact) mass is 342 g/mol. The van der Waals surface area contributed by atoms with Gasteiger partial charge in [0.25, 0.3) is 0 Å². The molecule has 1 aliphatic rings. The molecule has 9 heteroatoms. The number of carbonyl (C=O) groups excluding carboxylic acids is 1. The van der Waals surface area contributed by atoms with Crippen molar-refractivity contribution in [3.8, 4) is 0 Å². The number of anilines is 1. The van der Waals surface area contributed by atoms with E-state index in [9.17, 15) is 23.1 Å². The van der Waals surface area contributed by atoms with Crippen molar-refractivity contribution >= 4 is 27.6 Å². The molecule has 1 atom stereocenters. The van der Waals surface area contributed by atoms with Crippen LogP contribution in [0.5, 0.6) is 0 Å². The number of nitrogens with one attached hydrogen (secondary N) is 1. The standard InChI is InChI=1S/C14H18N2O6S/c1-10(17)22-15-11-5-7-12(8-6-11)23(20,21)16-9-3-2-4-13(16)14(18)19/h5-8,13,15H,2-4,9H2,1H3,(H,18,19). The van der Waals surface area contributed by atoms with E-state index >= 15 is 0 Å². The van der Waals surface area contributed by atoms with Crippen molar-refractivity contribution in [3.63, 3.8) is 0 Å². The van der Waals surface area contributed by atoms with Crippen LogP contribution in [0.15, 0.2) is 29.2 Å². The molecule has 0 amide bonds. The molecule has 0 radical (unpaired) electrons. The summed E-state index contributed by atoms with van der Waals surface area (Å²) in [4.78, 5) is 26.6. The van der Waals surface area contributed by atoms with Gasteiger partial charge in [0.05, 0.1) is 10.6 Å². The number of rotatable bonds is 5. The van der Waals surface area contributed by atoms with E-state index in [0.717, 1.165) is 4.31 Å². The zero-order valence-electron chi connectivity index (χ0n) is 12.6. The summed E-state index contributed by atoms with van der Waals surface area (Å²) in [6.45, 7) is 1.42. The fourth-order valence-electron chi connectivity index (χ4n) is 2.40. The molecule has 0 bridgehead atoms. The molecule has 1 aromatic carbocycles. The molecule has 1 saturated heterocycles. The third-order valence-corrected chi connectivity index (χ3v) is 5.43. The Morgan fingerprint density at radius 2 is 1.91 bits per heavy atom. The second-order valence-electron chi connectivity index (χ2n) is 5.19. The van der Waals surface area contributed by atoms with Gasteiger partial charge in [-0.1, -0.05) is 0 Å². The minimum Gasteiger partial charge on any atom is -0.480 e. The van der Waals surface area contributed by atoms with Gasteiger partial charge in [0, 0.05) is 13.5 Å². The first kappa shape index (κ1) is 17.2. The number of nitrogens with zero attached hydrogens (tertiary/aromatic N) is 1. The molecule has 1 aromatic rings. The highest BCUT2D eigenvalue weighted by Crippen LogP contribution is 2.26. The minimum atomic E-state index is -3.89. The summed E-state index contributed by atoms with van der Waals surface area (Å²) in [5.74, 6) is -1.67. The average Bonchev–Trinajstić information content (AvgIpc) is 2.53. The molecular weight excluding hydrogens is 324 g/mol. The van der Waals surface area contributed by atoms with Crippen LogP contribution in [-0.2, 0) is 24.4 Å². The lowest BCUT2D eigenvalue weighted by atomic mass is 10.1. The Kier molecular flexibility index (Phi) is 5.22. The fourth-order valence-corrected chi connectivity index (χ4v) is 4.05. The number of piperidine rings is 1. The second-order valence-corrected chi connectivity index (χ2v) is 7.08. The molecule has 0 aliphatic carbocycles. The van der Waals surface area contributed by atoms with Gasteiger partial charge in [-0.2, -0.15) is 4.31 Å². The smallest absolute Gasteiger partial charge is 0.329 e. The summed E-state index contributed by atoms with van der Waals surface area (Å²) in [5, 5.41) is 9.22. The quantitative estimate of drug-likeness (QED) is 0.773. The van der Waals surface area contributed by atoms with Gasteiger partial charge in [-0.3, -0.25) is 9.59 Å². The predicted molar refractivity (Wildman–Crippen MR) is 81.0 cm³/mol. The van der Waals surface area contributed by atoms with Gasteiger partial charge in [0.15, 0.2) is 0 Å². The SMILES string of the molecule is CC(=O)ONc1ccc(S(=O)(=O)N2CCCCC2C(=O)O)cc1. The number of aliphatic carboxylic acids is 1. The van der Waals surface area contributed by atoms with E-state index in [2.05, 4.69) is 10.3 Å². The molecule has 1 heterocycles. The molecule has 2 N–H and O–H groups in total. The number of hydrogen-bond acceptors (Lipinski definition) is 6. The van der Waals surface area contributed by atoms with Crippen molar-refractivity contribution in [2.24, 2.45) is 0 Å². The first-order valence-electron chi connectivity index (χ1n) is 7.10. The average molecular weight is 342 g/mol. The van der Waals surface area contributed by atoms with E-state index in [4.69, 9.17) is 0 Å². The van der Waals surface area contributed by atoms with Gasteiger partial charge in [0.2, 0.25) is 10.0 Å². The highest BCUT2D eigenvalue weighted by Gasteiger charge is 2.37. The lowest BCUT2D eigenvalue weighted by Crippen LogP contribution is -2.47. The highest BCUT2D eigenvalue weighted by molar-refractivity contribution is 7.89. The van der Waals surface area contributed by atoms with Crippen LogP contribution in [-0.4, -0.2) is 42.4 Å². The Morgan fingerprint density at radius 3 is 2.48 bits per heavy atom. The van der Waals surface area contributed by atoms with Gasteiger partial charge in [0.1, 0.15) is 6.04 Å². The van der Waals surface area contributed by atoms with Crippen LogP contribution >= 0.6 is 0 Å². The number of carbonyl (C=O) groups is 2. The predicted octanol–water partition coefficient (Wildman–Crippen LogP) is 1.20. The van der Waals surface area contributed by atoms with E-state index < -0.39 is 28.0 Å². The van der Waals surface area contributed by atoms with Gasteiger partial charge < -0.3 is 9.94 Å². The van der Waals surface area contributed by atoms with Crippen LogP contribution in [0.25, 0.3) is 0 Å². The van der Waals surface area contributed by atoms with E-state index in [-0.39, 0.29) is 11.4 Å². The van der Waals surface area contributed by atoms with Gasteiger partial charge in [-0.15, -0.1) is 0 Å². The maximum absolute atomic E-state index is 12.6. The number of carboxylic acids is 1. The Labute approximate surface area is 134 Å². The summed E-state index contributed by atoms with van der Waals surface area (Å²) < 4.78 is 26.3. The van der Waals surface area contributed by atoms with Gasteiger partial charge in [-0.05, 0) is 43.5 Å². The molecule has 0 saturated carbocycles. The normalized spacial score (nSPS) is 19.1. The van der Waals surface area contributed by atoms with E-state index in [1.165, 1.54) is 31.2 Å². The summed E-state index contributed by atoms with van der Waals surface area (Å²) in [6, 6.07) is 4.53. The molecule has 0 aromatic heterocycles. The van der Waals surface area contributed by atoms with Crippen molar-refractivity contribution in [2.75, 3.05) is 12.0 Å². The first-order valence-corrected chi connectivity index (χ1v) is 8.54. The topological polar surface area (TPSA) is 113 Å². The van der Waals surface area contributed by atoms with Crippen LogP contribution < -0.4 is 5.48 Å². The number of hydrogen-bond donors (Lipinski definition) is 2. The molecule has 1 fully saturated rings. The van der Waals surface area contributed by atoms with Crippen molar-refractivity contribution in [1.29, 1.82) is 0 Å². The molecule has 1 unspecified atom stereocenters. The zero-order chi connectivity index (χ0) is 17.0. The van der Waals surface area contributed by atoms with Gasteiger partial charge >= 0.3 is 11.9 Å². The molecular formula is C14H18N2O6S. The minimum absolute atomic E-state index is 0.000903. The fraction of sp³-hybridized carbons (Fsp3) is 0.429. The maximum atomic E-state index is 12.6. The lowest BCUT2D eigenvalue weighted by molar-refractivity contribution is -0.142. The molecule has 0 spiro atoms. The number of carboxylic acid groups (broad SMARTS) is 1. The maximum Gasteiger partial charge on any atom is 0.329 e. The summed E-state index contributed by atoms with van der Waals surface area (Å²) in [7, 11) is -3.89.